The van der Waals surface area contributed by atoms with E-state index in [1.165, 1.54) is 360 Å². The molecule has 498 valence electrons. The second-order valence-electron chi connectivity index (χ2n) is 26.7. The van der Waals surface area contributed by atoms with Gasteiger partial charge in [0.1, 0.15) is 0 Å². The quantitative estimate of drug-likeness (QED) is 0.0320. The maximum Gasteiger partial charge on any atom is 0.305 e. The van der Waals surface area contributed by atoms with Crippen molar-refractivity contribution < 1.29 is 24.5 Å². The fraction of sp³-hybridized carbons (Fsp3) is 0.923. The molecule has 2 unspecified atom stereocenters. The largest absolute Gasteiger partial charge is 0.466 e. The maximum atomic E-state index is 12.5. The van der Waals surface area contributed by atoms with Crippen LogP contribution in [0.2, 0.25) is 0 Å². The SMILES string of the molecule is CCCCC/C=C\C/C=C\CCCCCCCCCCCC(=O)OCCCCCCCCCCCCCCCCCCCCCCCCCCCCCCCCCCCC(=O)NC(CO)C(O)CCCCCCCCCCCCCCCCC. The Morgan fingerprint density at radius 3 is 0.929 bits per heavy atom. The highest BCUT2D eigenvalue weighted by atomic mass is 16.5. The van der Waals surface area contributed by atoms with Gasteiger partial charge in [-0.15, -0.1) is 0 Å². The van der Waals surface area contributed by atoms with Gasteiger partial charge in [-0.05, 0) is 57.8 Å². The summed E-state index contributed by atoms with van der Waals surface area (Å²) in [5.74, 6) is -0.00787. The van der Waals surface area contributed by atoms with Gasteiger partial charge in [-0.2, -0.15) is 0 Å². The van der Waals surface area contributed by atoms with Crippen molar-refractivity contribution in [1.82, 2.24) is 5.32 Å². The van der Waals surface area contributed by atoms with Crippen LogP contribution in [0.5, 0.6) is 0 Å². The van der Waals surface area contributed by atoms with Gasteiger partial charge < -0.3 is 20.3 Å². The number of hydrogen-bond donors (Lipinski definition) is 3. The van der Waals surface area contributed by atoms with E-state index in [-0.39, 0.29) is 18.5 Å². The molecule has 0 heterocycles. The van der Waals surface area contributed by atoms with Crippen molar-refractivity contribution in [2.75, 3.05) is 13.2 Å². The molecular weight excluding hydrogens is 1030 g/mol. The molecule has 0 aromatic rings. The van der Waals surface area contributed by atoms with Crippen molar-refractivity contribution in [2.45, 2.75) is 450 Å². The summed E-state index contributed by atoms with van der Waals surface area (Å²) in [6.07, 6.45) is 94.1. The van der Waals surface area contributed by atoms with Crippen molar-refractivity contribution in [3.63, 3.8) is 0 Å². The number of allylic oxidation sites excluding steroid dienone is 4. The van der Waals surface area contributed by atoms with E-state index < -0.39 is 12.1 Å². The molecule has 84 heavy (non-hydrogen) atoms. The molecule has 6 nitrogen and oxygen atoms in total. The smallest absolute Gasteiger partial charge is 0.305 e. The van der Waals surface area contributed by atoms with Crippen LogP contribution in [0.4, 0.5) is 0 Å². The third-order valence-corrected chi connectivity index (χ3v) is 18.3. The van der Waals surface area contributed by atoms with Gasteiger partial charge in [0.15, 0.2) is 0 Å². The Morgan fingerprint density at radius 2 is 0.595 bits per heavy atom. The first-order valence-corrected chi connectivity index (χ1v) is 38.6. The van der Waals surface area contributed by atoms with E-state index >= 15 is 0 Å². The zero-order valence-corrected chi connectivity index (χ0v) is 57.2. The standard InChI is InChI=1S/C78H151NO5/c1-3-5-7-9-11-13-15-17-19-20-36-40-44-48-52-56-60-64-68-72-78(83)84-73-69-65-61-57-53-49-45-41-38-35-33-31-29-27-25-23-21-22-24-26-28-30-32-34-37-39-43-47-51-55-59-63-67-71-77(82)79-75(74-80)76(81)70-66-62-58-54-50-46-42-18-16-14-12-10-8-6-4-2/h11,13,17,19,75-76,80-81H,3-10,12,14-16,18,20-74H2,1-2H3,(H,79,82)/b13-11-,19-17-. The number of aliphatic hydroxyl groups excluding tert-OH is 2. The molecule has 0 aliphatic heterocycles. The van der Waals surface area contributed by atoms with E-state index in [1.54, 1.807) is 0 Å². The van der Waals surface area contributed by atoms with Gasteiger partial charge in [0.2, 0.25) is 5.91 Å². The Bertz CT molecular complexity index is 1320. The number of rotatable bonds is 73. The fourth-order valence-electron chi connectivity index (χ4n) is 12.4. The minimum atomic E-state index is -0.660. The average molecular weight is 1180 g/mol. The molecule has 0 fully saturated rings. The van der Waals surface area contributed by atoms with Gasteiger partial charge in [0.05, 0.1) is 25.4 Å². The van der Waals surface area contributed by atoms with Crippen LogP contribution in [0.3, 0.4) is 0 Å². The predicted molar refractivity (Wildman–Crippen MR) is 370 cm³/mol. The summed E-state index contributed by atoms with van der Waals surface area (Å²) in [6.45, 7) is 4.97. The molecule has 0 saturated heterocycles. The summed E-state index contributed by atoms with van der Waals surface area (Å²) in [6, 6.07) is -0.537. The van der Waals surface area contributed by atoms with Gasteiger partial charge >= 0.3 is 5.97 Å². The first-order valence-electron chi connectivity index (χ1n) is 38.6. The van der Waals surface area contributed by atoms with Crippen LogP contribution >= 0.6 is 0 Å². The Labute approximate surface area is 526 Å². The molecular formula is C78H151NO5. The molecule has 2 atom stereocenters. The second kappa shape index (κ2) is 73.8. The molecule has 0 spiro atoms. The van der Waals surface area contributed by atoms with Gasteiger partial charge in [0, 0.05) is 12.8 Å². The molecule has 0 aliphatic carbocycles. The summed E-state index contributed by atoms with van der Waals surface area (Å²) in [5, 5.41) is 23.4. The van der Waals surface area contributed by atoms with Crippen LogP contribution in [0.15, 0.2) is 24.3 Å². The van der Waals surface area contributed by atoms with E-state index in [9.17, 15) is 19.8 Å². The number of ether oxygens (including phenoxy) is 1. The molecule has 0 aromatic heterocycles. The molecule has 0 rings (SSSR count). The monoisotopic (exact) mass is 1180 g/mol. The Kier molecular flexibility index (Phi) is 72.3. The summed E-state index contributed by atoms with van der Waals surface area (Å²) in [4.78, 5) is 24.6. The van der Waals surface area contributed by atoms with Crippen LogP contribution in [-0.4, -0.2) is 47.4 Å². The summed E-state index contributed by atoms with van der Waals surface area (Å²) >= 11 is 0. The van der Waals surface area contributed by atoms with Gasteiger partial charge in [-0.25, -0.2) is 0 Å². The minimum absolute atomic E-state index is 0.0188. The first kappa shape index (κ1) is 82.3. The highest BCUT2D eigenvalue weighted by molar-refractivity contribution is 5.76. The predicted octanol–water partition coefficient (Wildman–Crippen LogP) is 25.3. The lowest BCUT2D eigenvalue weighted by Crippen LogP contribution is -2.45. The highest BCUT2D eigenvalue weighted by Crippen LogP contribution is 2.20. The highest BCUT2D eigenvalue weighted by Gasteiger charge is 2.20. The number of esters is 1. The zero-order valence-electron chi connectivity index (χ0n) is 57.2. The van der Waals surface area contributed by atoms with E-state index in [4.69, 9.17) is 4.74 Å². The van der Waals surface area contributed by atoms with Gasteiger partial charge in [-0.1, -0.05) is 391 Å². The molecule has 3 N–H and O–H groups in total. The molecule has 0 radical (unpaired) electrons. The molecule has 0 aliphatic rings. The van der Waals surface area contributed by atoms with Crippen LogP contribution in [0.25, 0.3) is 0 Å². The van der Waals surface area contributed by atoms with Crippen LogP contribution < -0.4 is 5.32 Å². The van der Waals surface area contributed by atoms with E-state index in [0.717, 1.165) is 44.9 Å². The third kappa shape index (κ3) is 69.4. The molecule has 0 bridgehead atoms. The Balaban J connectivity index is 3.30. The topological polar surface area (TPSA) is 95.9 Å². The lowest BCUT2D eigenvalue weighted by atomic mass is 10.0. The normalized spacial score (nSPS) is 12.6. The molecule has 0 aromatic carbocycles. The molecule has 1 amide bonds. The summed E-state index contributed by atoms with van der Waals surface area (Å²) in [5.41, 5.74) is 0. The maximum absolute atomic E-state index is 12.5. The average Bonchev–Trinajstić information content (AvgIpc) is 3.53. The van der Waals surface area contributed by atoms with Crippen LogP contribution in [0, 0.1) is 0 Å². The second-order valence-corrected chi connectivity index (χ2v) is 26.7. The van der Waals surface area contributed by atoms with Crippen LogP contribution in [-0.2, 0) is 14.3 Å². The molecule has 6 heteroatoms. The van der Waals surface area contributed by atoms with Crippen molar-refractivity contribution in [1.29, 1.82) is 0 Å². The number of hydrogen-bond acceptors (Lipinski definition) is 5. The number of unbranched alkanes of at least 4 members (excludes halogenated alkanes) is 58. The lowest BCUT2D eigenvalue weighted by molar-refractivity contribution is -0.143. The third-order valence-electron chi connectivity index (χ3n) is 18.3. The number of amides is 1. The van der Waals surface area contributed by atoms with Gasteiger partial charge in [0.25, 0.3) is 0 Å². The van der Waals surface area contributed by atoms with Crippen molar-refractivity contribution in [3.8, 4) is 0 Å². The lowest BCUT2D eigenvalue weighted by Gasteiger charge is -2.22. The minimum Gasteiger partial charge on any atom is -0.466 e. The van der Waals surface area contributed by atoms with Crippen molar-refractivity contribution in [3.05, 3.63) is 24.3 Å². The number of carbonyl (C=O) groups excluding carboxylic acids is 2. The van der Waals surface area contributed by atoms with E-state index in [2.05, 4.69) is 43.5 Å². The Morgan fingerprint density at radius 1 is 0.333 bits per heavy atom. The number of nitrogens with one attached hydrogen (secondary N) is 1. The summed E-state index contributed by atoms with van der Waals surface area (Å²) < 4.78 is 5.52. The van der Waals surface area contributed by atoms with E-state index in [1.807, 2.05) is 0 Å². The summed E-state index contributed by atoms with van der Waals surface area (Å²) in [7, 11) is 0. The zero-order chi connectivity index (χ0) is 60.6. The van der Waals surface area contributed by atoms with Crippen molar-refractivity contribution in [2.24, 2.45) is 0 Å². The van der Waals surface area contributed by atoms with Gasteiger partial charge in [-0.3, -0.25) is 9.59 Å². The van der Waals surface area contributed by atoms with Crippen LogP contribution in [0.1, 0.15) is 438 Å². The fourth-order valence-corrected chi connectivity index (χ4v) is 12.4. The number of aliphatic hydroxyl groups is 2. The van der Waals surface area contributed by atoms with E-state index in [0.29, 0.717) is 25.9 Å². The Hall–Kier alpha value is -1.66. The molecule has 0 saturated carbocycles. The first-order chi connectivity index (χ1) is 41.5. The number of carbonyl (C=O) groups is 2. The van der Waals surface area contributed by atoms with Crippen molar-refractivity contribution >= 4 is 11.9 Å².